The van der Waals surface area contributed by atoms with Crippen molar-refractivity contribution < 1.29 is 9.47 Å². The van der Waals surface area contributed by atoms with Gasteiger partial charge in [0.25, 0.3) is 0 Å². The molecule has 3 unspecified atom stereocenters. The summed E-state index contributed by atoms with van der Waals surface area (Å²) in [4.78, 5) is 0. The van der Waals surface area contributed by atoms with Crippen LogP contribution in [-0.4, -0.2) is 18.3 Å². The van der Waals surface area contributed by atoms with E-state index in [2.05, 4.69) is 13.8 Å². The second-order valence-electron chi connectivity index (χ2n) is 5.33. The van der Waals surface area contributed by atoms with E-state index in [1.165, 1.54) is 0 Å². The first kappa shape index (κ1) is 13.4. The number of ether oxygens (including phenoxy) is 2. The topological polar surface area (TPSA) is 44.5 Å². The Kier molecular flexibility index (Phi) is 4.25. The zero-order valence-electron chi connectivity index (χ0n) is 11.4. The van der Waals surface area contributed by atoms with Crippen LogP contribution in [0.1, 0.15) is 45.2 Å². The Morgan fingerprint density at radius 2 is 1.72 bits per heavy atom. The fraction of sp³-hybridized carbons (Fsp3) is 0.600. The molecule has 0 aromatic heterocycles. The average molecular weight is 249 g/mol. The maximum absolute atomic E-state index is 6.01. The molecule has 1 aliphatic rings. The molecule has 1 aliphatic heterocycles. The van der Waals surface area contributed by atoms with Crippen LogP contribution in [0.3, 0.4) is 0 Å². The highest BCUT2D eigenvalue weighted by molar-refractivity contribution is 5.28. The second kappa shape index (κ2) is 5.72. The molecule has 1 aromatic carbocycles. The van der Waals surface area contributed by atoms with Crippen LogP contribution in [0.15, 0.2) is 24.3 Å². The zero-order valence-corrected chi connectivity index (χ0v) is 11.4. The Bertz CT molecular complexity index is 365. The van der Waals surface area contributed by atoms with E-state index in [0.717, 1.165) is 24.2 Å². The SMILES string of the molecule is CC1CC(Oc2ccc(C(C)N)cc2)CC(C)O1. The smallest absolute Gasteiger partial charge is 0.119 e. The number of nitrogens with two attached hydrogens (primary N) is 1. The number of benzene rings is 1. The molecule has 0 bridgehead atoms. The number of hydrogen-bond acceptors (Lipinski definition) is 3. The van der Waals surface area contributed by atoms with E-state index in [0.29, 0.717) is 0 Å². The molecule has 2 N–H and O–H groups in total. The van der Waals surface area contributed by atoms with Gasteiger partial charge in [0.1, 0.15) is 11.9 Å². The minimum atomic E-state index is 0.0715. The summed E-state index contributed by atoms with van der Waals surface area (Å²) < 4.78 is 11.7. The summed E-state index contributed by atoms with van der Waals surface area (Å²) in [5.74, 6) is 0.922. The van der Waals surface area contributed by atoms with Crippen molar-refractivity contribution in [1.82, 2.24) is 0 Å². The van der Waals surface area contributed by atoms with Crippen LogP contribution >= 0.6 is 0 Å². The van der Waals surface area contributed by atoms with Crippen LogP contribution in [-0.2, 0) is 4.74 Å². The van der Waals surface area contributed by atoms with E-state index in [1.54, 1.807) is 0 Å². The Balaban J connectivity index is 1.96. The van der Waals surface area contributed by atoms with Gasteiger partial charge in [0.2, 0.25) is 0 Å². The van der Waals surface area contributed by atoms with Gasteiger partial charge in [-0.1, -0.05) is 12.1 Å². The van der Waals surface area contributed by atoms with E-state index in [4.69, 9.17) is 15.2 Å². The van der Waals surface area contributed by atoms with Gasteiger partial charge in [-0.2, -0.15) is 0 Å². The van der Waals surface area contributed by atoms with Crippen molar-refractivity contribution in [3.63, 3.8) is 0 Å². The summed E-state index contributed by atoms with van der Waals surface area (Å²) in [5, 5.41) is 0. The number of rotatable bonds is 3. The number of hydrogen-bond donors (Lipinski definition) is 1. The van der Waals surface area contributed by atoms with Crippen LogP contribution < -0.4 is 10.5 Å². The standard InChI is InChI=1S/C15H23NO2/c1-10-8-15(9-11(2)17-10)18-14-6-4-13(5-7-14)12(3)16/h4-7,10-12,15H,8-9,16H2,1-3H3. The van der Waals surface area contributed by atoms with Crippen molar-refractivity contribution in [2.45, 2.75) is 58.0 Å². The molecule has 1 saturated heterocycles. The van der Waals surface area contributed by atoms with Crippen molar-refractivity contribution >= 4 is 0 Å². The van der Waals surface area contributed by atoms with Gasteiger partial charge in [-0.25, -0.2) is 0 Å². The van der Waals surface area contributed by atoms with E-state index in [1.807, 2.05) is 31.2 Å². The van der Waals surface area contributed by atoms with Crippen LogP contribution in [0.4, 0.5) is 0 Å². The second-order valence-corrected chi connectivity index (χ2v) is 5.33. The van der Waals surface area contributed by atoms with Gasteiger partial charge < -0.3 is 15.2 Å². The summed E-state index contributed by atoms with van der Waals surface area (Å²) in [6.45, 7) is 6.19. The molecular weight excluding hydrogens is 226 g/mol. The fourth-order valence-electron chi connectivity index (χ4n) is 2.48. The summed E-state index contributed by atoms with van der Waals surface area (Å²) in [6, 6.07) is 8.15. The van der Waals surface area contributed by atoms with Crippen molar-refractivity contribution in [2.24, 2.45) is 5.73 Å². The third-order valence-electron chi connectivity index (χ3n) is 3.36. The zero-order chi connectivity index (χ0) is 13.1. The molecule has 18 heavy (non-hydrogen) atoms. The Morgan fingerprint density at radius 1 is 1.17 bits per heavy atom. The molecule has 100 valence electrons. The normalized spacial score (nSPS) is 29.9. The minimum absolute atomic E-state index is 0.0715. The molecule has 1 fully saturated rings. The Hall–Kier alpha value is -1.06. The van der Waals surface area contributed by atoms with Crippen LogP contribution in [0.25, 0.3) is 0 Å². The van der Waals surface area contributed by atoms with E-state index in [-0.39, 0.29) is 24.4 Å². The van der Waals surface area contributed by atoms with Gasteiger partial charge in [0, 0.05) is 18.9 Å². The first-order valence-corrected chi connectivity index (χ1v) is 6.72. The molecule has 1 heterocycles. The lowest BCUT2D eigenvalue weighted by molar-refractivity contribution is -0.0721. The van der Waals surface area contributed by atoms with Gasteiger partial charge in [-0.05, 0) is 38.5 Å². The summed E-state index contributed by atoms with van der Waals surface area (Å²) >= 11 is 0. The van der Waals surface area contributed by atoms with Crippen molar-refractivity contribution in [2.75, 3.05) is 0 Å². The average Bonchev–Trinajstić information content (AvgIpc) is 2.28. The monoisotopic (exact) mass is 249 g/mol. The summed E-state index contributed by atoms with van der Waals surface area (Å²) in [5.41, 5.74) is 6.96. The van der Waals surface area contributed by atoms with E-state index < -0.39 is 0 Å². The van der Waals surface area contributed by atoms with Crippen molar-refractivity contribution in [3.8, 4) is 5.75 Å². The molecule has 1 aromatic rings. The maximum Gasteiger partial charge on any atom is 0.119 e. The van der Waals surface area contributed by atoms with Crippen LogP contribution in [0.2, 0.25) is 0 Å². The van der Waals surface area contributed by atoms with E-state index in [9.17, 15) is 0 Å². The third-order valence-corrected chi connectivity index (χ3v) is 3.36. The van der Waals surface area contributed by atoms with Crippen molar-refractivity contribution in [3.05, 3.63) is 29.8 Å². The highest BCUT2D eigenvalue weighted by Gasteiger charge is 2.25. The molecule has 0 saturated carbocycles. The quantitative estimate of drug-likeness (QED) is 0.895. The molecule has 3 nitrogen and oxygen atoms in total. The molecule has 0 radical (unpaired) electrons. The highest BCUT2D eigenvalue weighted by Crippen LogP contribution is 2.25. The van der Waals surface area contributed by atoms with Gasteiger partial charge in [0.05, 0.1) is 12.2 Å². The molecule has 0 amide bonds. The first-order valence-electron chi connectivity index (χ1n) is 6.72. The lowest BCUT2D eigenvalue weighted by Crippen LogP contribution is -2.35. The molecular formula is C15H23NO2. The largest absolute Gasteiger partial charge is 0.490 e. The molecule has 0 aliphatic carbocycles. The lowest BCUT2D eigenvalue weighted by Gasteiger charge is -2.32. The van der Waals surface area contributed by atoms with Crippen molar-refractivity contribution in [1.29, 1.82) is 0 Å². The predicted molar refractivity (Wildman–Crippen MR) is 72.7 cm³/mol. The molecule has 0 spiro atoms. The summed E-state index contributed by atoms with van der Waals surface area (Å²) in [7, 11) is 0. The Labute approximate surface area is 109 Å². The first-order chi connectivity index (χ1) is 8.54. The van der Waals surface area contributed by atoms with Gasteiger partial charge in [-0.3, -0.25) is 0 Å². The van der Waals surface area contributed by atoms with Crippen LogP contribution in [0, 0.1) is 0 Å². The molecule has 2 rings (SSSR count). The Morgan fingerprint density at radius 3 is 2.22 bits per heavy atom. The predicted octanol–water partition coefficient (Wildman–Crippen LogP) is 3.04. The van der Waals surface area contributed by atoms with Gasteiger partial charge in [0.15, 0.2) is 0 Å². The highest BCUT2D eigenvalue weighted by atomic mass is 16.5. The van der Waals surface area contributed by atoms with Gasteiger partial charge >= 0.3 is 0 Å². The lowest BCUT2D eigenvalue weighted by atomic mass is 10.0. The third kappa shape index (κ3) is 3.47. The summed E-state index contributed by atoms with van der Waals surface area (Å²) in [6.07, 6.45) is 2.73. The van der Waals surface area contributed by atoms with E-state index >= 15 is 0 Å². The minimum Gasteiger partial charge on any atom is -0.490 e. The molecule has 3 atom stereocenters. The molecule has 3 heteroatoms. The van der Waals surface area contributed by atoms with Gasteiger partial charge in [-0.15, -0.1) is 0 Å². The fourth-order valence-corrected chi connectivity index (χ4v) is 2.48. The maximum atomic E-state index is 6.01. The van der Waals surface area contributed by atoms with Crippen LogP contribution in [0.5, 0.6) is 5.75 Å².